The molecule has 21 heavy (non-hydrogen) atoms. The van der Waals surface area contributed by atoms with Crippen molar-refractivity contribution in [1.29, 1.82) is 0 Å². The van der Waals surface area contributed by atoms with Crippen molar-refractivity contribution in [2.75, 3.05) is 7.11 Å². The monoisotopic (exact) mass is 331 g/mol. The first-order chi connectivity index (χ1) is 9.92. The molecule has 0 saturated heterocycles. The maximum atomic E-state index is 11.6. The largest absolute Gasteiger partial charge is 0.480 e. The molecule has 0 aromatic carbocycles. The lowest BCUT2D eigenvalue weighted by Crippen LogP contribution is -2.40. The van der Waals surface area contributed by atoms with E-state index in [0.29, 0.717) is 4.34 Å². The Hall–Kier alpha value is -1.86. The van der Waals surface area contributed by atoms with Crippen LogP contribution in [0.3, 0.4) is 0 Å². The minimum absolute atomic E-state index is 0.0353. The lowest BCUT2D eigenvalue weighted by atomic mass is 10.1. The number of amides is 1. The predicted molar refractivity (Wildman–Crippen MR) is 79.2 cm³/mol. The van der Waals surface area contributed by atoms with Crippen molar-refractivity contribution in [3.63, 3.8) is 0 Å². The molecule has 1 heterocycles. The third kappa shape index (κ3) is 6.42. The third-order valence-corrected chi connectivity index (χ3v) is 3.67. The van der Waals surface area contributed by atoms with Crippen molar-refractivity contribution in [2.24, 2.45) is 0 Å². The lowest BCUT2D eigenvalue weighted by Gasteiger charge is -2.12. The van der Waals surface area contributed by atoms with Crippen LogP contribution in [0.4, 0.5) is 0 Å². The number of ether oxygens (including phenoxy) is 1. The van der Waals surface area contributed by atoms with E-state index in [1.54, 1.807) is 12.1 Å². The molecule has 1 aromatic heterocycles. The Morgan fingerprint density at radius 3 is 2.71 bits per heavy atom. The zero-order chi connectivity index (χ0) is 15.8. The molecule has 0 bridgehead atoms. The summed E-state index contributed by atoms with van der Waals surface area (Å²) in [5.74, 6) is -2.30. The summed E-state index contributed by atoms with van der Waals surface area (Å²) in [6, 6.07) is 2.29. The summed E-state index contributed by atoms with van der Waals surface area (Å²) in [6.07, 6.45) is 2.63. The second-order valence-corrected chi connectivity index (χ2v) is 5.74. The molecule has 1 rings (SSSR count). The molecule has 0 aliphatic heterocycles. The molecule has 1 unspecified atom stereocenters. The van der Waals surface area contributed by atoms with E-state index in [0.717, 1.165) is 4.88 Å². The van der Waals surface area contributed by atoms with Gasteiger partial charge in [-0.25, -0.2) is 4.79 Å². The zero-order valence-corrected chi connectivity index (χ0v) is 12.7. The van der Waals surface area contributed by atoms with E-state index in [9.17, 15) is 14.4 Å². The Balaban J connectivity index is 2.54. The molecule has 6 nitrogen and oxygen atoms in total. The summed E-state index contributed by atoms with van der Waals surface area (Å²) >= 11 is 7.04. The number of carboxylic acids is 1. The third-order valence-electron chi connectivity index (χ3n) is 2.47. The minimum Gasteiger partial charge on any atom is -0.480 e. The van der Waals surface area contributed by atoms with Gasteiger partial charge in [0.05, 0.1) is 11.4 Å². The Morgan fingerprint density at radius 2 is 2.19 bits per heavy atom. The van der Waals surface area contributed by atoms with Crippen LogP contribution in [0.1, 0.15) is 17.7 Å². The Morgan fingerprint density at radius 1 is 1.48 bits per heavy atom. The molecule has 0 fully saturated rings. The number of rotatable bonds is 7. The van der Waals surface area contributed by atoms with Crippen LogP contribution in [0.2, 0.25) is 4.34 Å². The molecule has 0 saturated carbocycles. The van der Waals surface area contributed by atoms with Crippen molar-refractivity contribution in [2.45, 2.75) is 18.9 Å². The van der Waals surface area contributed by atoms with E-state index >= 15 is 0 Å². The minimum atomic E-state index is -1.21. The fraction of sp³-hybridized carbons (Fsp3) is 0.308. The van der Waals surface area contributed by atoms with Gasteiger partial charge in [0.15, 0.2) is 0 Å². The molecular formula is C13H14ClNO5S. The fourth-order valence-electron chi connectivity index (χ4n) is 1.42. The molecule has 0 aliphatic carbocycles. The van der Waals surface area contributed by atoms with Gasteiger partial charge < -0.3 is 15.2 Å². The fourth-order valence-corrected chi connectivity index (χ4v) is 2.38. The van der Waals surface area contributed by atoms with Crippen molar-refractivity contribution in [3.8, 4) is 0 Å². The number of aliphatic carboxylic acids is 1. The predicted octanol–water partition coefficient (Wildman–Crippen LogP) is 1.94. The van der Waals surface area contributed by atoms with Gasteiger partial charge in [-0.3, -0.25) is 9.59 Å². The molecule has 1 amide bonds. The van der Waals surface area contributed by atoms with E-state index in [1.807, 2.05) is 0 Å². The van der Waals surface area contributed by atoms with Crippen molar-refractivity contribution >= 4 is 46.9 Å². The van der Waals surface area contributed by atoms with Crippen molar-refractivity contribution in [1.82, 2.24) is 5.32 Å². The Kier molecular flexibility index (Phi) is 6.90. The highest BCUT2D eigenvalue weighted by Crippen LogP contribution is 2.22. The molecule has 1 aromatic rings. The van der Waals surface area contributed by atoms with Gasteiger partial charge in [-0.2, -0.15) is 0 Å². The normalized spacial score (nSPS) is 12.1. The smallest absolute Gasteiger partial charge is 0.326 e. The quantitative estimate of drug-likeness (QED) is 0.588. The maximum Gasteiger partial charge on any atom is 0.326 e. The first-order valence-corrected chi connectivity index (χ1v) is 7.15. The Labute approximate surface area is 130 Å². The number of methoxy groups -OCH3 is 1. The van der Waals surface area contributed by atoms with Gasteiger partial charge in [0.25, 0.3) is 0 Å². The summed E-state index contributed by atoms with van der Waals surface area (Å²) < 4.78 is 5.02. The summed E-state index contributed by atoms with van der Waals surface area (Å²) in [5, 5.41) is 11.3. The van der Waals surface area contributed by atoms with E-state index < -0.39 is 23.9 Å². The number of nitrogens with one attached hydrogen (secondary N) is 1. The van der Waals surface area contributed by atoms with Gasteiger partial charge in [0.2, 0.25) is 5.91 Å². The van der Waals surface area contributed by atoms with Crippen LogP contribution < -0.4 is 5.32 Å². The molecule has 0 spiro atoms. The number of carboxylic acid groups (broad SMARTS) is 1. The number of esters is 1. The molecule has 0 radical (unpaired) electrons. The number of thiophene rings is 1. The van der Waals surface area contributed by atoms with E-state index in [4.69, 9.17) is 16.7 Å². The highest BCUT2D eigenvalue weighted by molar-refractivity contribution is 7.17. The van der Waals surface area contributed by atoms with Crippen LogP contribution in [0.5, 0.6) is 0 Å². The standard InChI is InChI=1S/C13H14ClNO5S/c1-20-12(17)7-4-9(13(18)19)15-11(16)6-3-8-2-5-10(14)21-8/h2-3,5-6,9H,4,7H2,1H3,(H,15,16)(H,18,19)/b6-3+. The number of carbonyl (C=O) groups excluding carboxylic acids is 2. The van der Waals surface area contributed by atoms with Crippen LogP contribution in [0, 0.1) is 0 Å². The van der Waals surface area contributed by atoms with Gasteiger partial charge >= 0.3 is 11.9 Å². The second kappa shape index (κ2) is 8.43. The molecular weight excluding hydrogens is 318 g/mol. The second-order valence-electron chi connectivity index (χ2n) is 3.99. The first-order valence-electron chi connectivity index (χ1n) is 5.96. The van der Waals surface area contributed by atoms with Crippen LogP contribution in [0.25, 0.3) is 6.08 Å². The molecule has 2 N–H and O–H groups in total. The average Bonchev–Trinajstić information content (AvgIpc) is 2.86. The molecule has 1 atom stereocenters. The van der Waals surface area contributed by atoms with E-state index in [-0.39, 0.29) is 12.8 Å². The summed E-state index contributed by atoms with van der Waals surface area (Å²) in [7, 11) is 1.21. The van der Waals surface area contributed by atoms with Crippen LogP contribution >= 0.6 is 22.9 Å². The average molecular weight is 332 g/mol. The van der Waals surface area contributed by atoms with E-state index in [1.165, 1.54) is 30.6 Å². The number of carbonyl (C=O) groups is 3. The maximum absolute atomic E-state index is 11.6. The van der Waals surface area contributed by atoms with Gasteiger partial charge in [-0.05, 0) is 24.6 Å². The first kappa shape index (κ1) is 17.2. The molecule has 114 valence electrons. The Bertz CT molecular complexity index is 555. The van der Waals surface area contributed by atoms with Gasteiger partial charge in [-0.1, -0.05) is 11.6 Å². The number of hydrogen-bond donors (Lipinski definition) is 2. The van der Waals surface area contributed by atoms with Crippen molar-refractivity contribution < 1.29 is 24.2 Å². The lowest BCUT2D eigenvalue weighted by molar-refractivity contribution is -0.143. The van der Waals surface area contributed by atoms with Crippen LogP contribution in [-0.4, -0.2) is 36.1 Å². The zero-order valence-electron chi connectivity index (χ0n) is 11.2. The molecule has 8 heteroatoms. The number of halogens is 1. The van der Waals surface area contributed by atoms with Gasteiger partial charge in [-0.15, -0.1) is 11.3 Å². The topological polar surface area (TPSA) is 92.7 Å². The highest BCUT2D eigenvalue weighted by atomic mass is 35.5. The SMILES string of the molecule is COC(=O)CCC(NC(=O)/C=C/c1ccc(Cl)s1)C(=O)O. The summed E-state index contributed by atoms with van der Waals surface area (Å²) in [4.78, 5) is 34.4. The number of hydrogen-bond acceptors (Lipinski definition) is 5. The van der Waals surface area contributed by atoms with Crippen molar-refractivity contribution in [3.05, 3.63) is 27.4 Å². The van der Waals surface area contributed by atoms with E-state index in [2.05, 4.69) is 10.1 Å². The van der Waals surface area contributed by atoms with Crippen LogP contribution in [0.15, 0.2) is 18.2 Å². The summed E-state index contributed by atoms with van der Waals surface area (Å²) in [6.45, 7) is 0. The van der Waals surface area contributed by atoms with Crippen LogP contribution in [-0.2, 0) is 19.1 Å². The highest BCUT2D eigenvalue weighted by Gasteiger charge is 2.20. The summed E-state index contributed by atoms with van der Waals surface area (Å²) in [5.41, 5.74) is 0. The van der Waals surface area contributed by atoms with Gasteiger partial charge in [0, 0.05) is 17.4 Å². The van der Waals surface area contributed by atoms with Gasteiger partial charge in [0.1, 0.15) is 6.04 Å². The molecule has 0 aliphatic rings.